The highest BCUT2D eigenvalue weighted by Crippen LogP contribution is 2.11. The molecule has 0 unspecified atom stereocenters. The zero-order valence-corrected chi connectivity index (χ0v) is 11.9. The summed E-state index contributed by atoms with van der Waals surface area (Å²) in [5.41, 5.74) is -0.0477. The molecule has 2 rings (SSSR count). The zero-order chi connectivity index (χ0) is 16.1. The van der Waals surface area contributed by atoms with Crippen LogP contribution in [0.4, 0.5) is 0 Å². The standard InChI is InChI=1S/C15H13NO6/c1-20-14(18)12(13(17)15(19)21-2)16-11-8-7-9-5-3-4-6-10(9)22-11/h3-8,17H,1-2H3/b13-12-,16-11?. The Morgan fingerprint density at radius 2 is 1.73 bits per heavy atom. The van der Waals surface area contributed by atoms with Crippen LogP contribution >= 0.6 is 0 Å². The van der Waals surface area contributed by atoms with E-state index in [0.29, 0.717) is 5.58 Å². The molecule has 2 aromatic rings. The summed E-state index contributed by atoms with van der Waals surface area (Å²) in [4.78, 5) is 26.8. The van der Waals surface area contributed by atoms with Crippen LogP contribution in [0.15, 0.2) is 57.3 Å². The van der Waals surface area contributed by atoms with E-state index in [1.165, 1.54) is 6.07 Å². The monoisotopic (exact) mass is 303 g/mol. The smallest absolute Gasteiger partial charge is 0.375 e. The number of fused-ring (bicyclic) bond motifs is 1. The van der Waals surface area contributed by atoms with Crippen molar-refractivity contribution in [2.75, 3.05) is 14.2 Å². The summed E-state index contributed by atoms with van der Waals surface area (Å²) in [6.45, 7) is 0. The number of methoxy groups -OCH3 is 2. The first-order chi connectivity index (χ1) is 10.6. The van der Waals surface area contributed by atoms with Gasteiger partial charge in [0.25, 0.3) is 0 Å². The molecule has 0 saturated carbocycles. The molecule has 0 fully saturated rings. The van der Waals surface area contributed by atoms with Crippen LogP contribution in [0, 0.1) is 0 Å². The number of benzene rings is 1. The molecule has 0 bridgehead atoms. The molecule has 7 nitrogen and oxygen atoms in total. The molecular weight excluding hydrogens is 290 g/mol. The third kappa shape index (κ3) is 3.14. The lowest BCUT2D eigenvalue weighted by molar-refractivity contribution is -0.141. The topological polar surface area (TPSA) is 98.3 Å². The molecule has 0 amide bonds. The van der Waals surface area contributed by atoms with E-state index < -0.39 is 23.4 Å². The summed E-state index contributed by atoms with van der Waals surface area (Å²) in [5.74, 6) is -3.06. The Labute approximate surface area is 125 Å². The summed E-state index contributed by atoms with van der Waals surface area (Å²) in [5, 5.41) is 10.6. The number of para-hydroxylation sites is 1. The van der Waals surface area contributed by atoms with Crippen molar-refractivity contribution in [3.63, 3.8) is 0 Å². The molecule has 0 aliphatic carbocycles. The molecule has 1 aromatic carbocycles. The number of nitrogens with zero attached hydrogens (tertiary/aromatic N) is 1. The number of carbonyl (C=O) groups excluding carboxylic acids is 2. The summed E-state index contributed by atoms with van der Waals surface area (Å²) in [6, 6.07) is 10.4. The SMILES string of the molecule is COC(=O)/C(O)=C(/N=c1ccc2ccccc2o1)C(=O)OC. The van der Waals surface area contributed by atoms with Gasteiger partial charge in [-0.25, -0.2) is 14.6 Å². The lowest BCUT2D eigenvalue weighted by Crippen LogP contribution is -2.15. The second-order valence-electron chi connectivity index (χ2n) is 4.10. The Balaban J connectivity index is 2.61. The Kier molecular flexibility index (Phi) is 4.57. The first kappa shape index (κ1) is 15.3. The van der Waals surface area contributed by atoms with Crippen LogP contribution in [0.25, 0.3) is 11.0 Å². The zero-order valence-electron chi connectivity index (χ0n) is 11.9. The molecule has 0 aliphatic heterocycles. The fourth-order valence-electron chi connectivity index (χ4n) is 1.67. The lowest BCUT2D eigenvalue weighted by atomic mass is 10.2. The van der Waals surface area contributed by atoms with Crippen LogP contribution in [0.1, 0.15) is 0 Å². The van der Waals surface area contributed by atoms with Crippen molar-refractivity contribution in [1.29, 1.82) is 0 Å². The van der Waals surface area contributed by atoms with Crippen LogP contribution in [0.5, 0.6) is 0 Å². The molecular formula is C15H13NO6. The van der Waals surface area contributed by atoms with Gasteiger partial charge in [-0.2, -0.15) is 0 Å². The van der Waals surface area contributed by atoms with Gasteiger partial charge in [0.2, 0.25) is 17.0 Å². The molecule has 0 spiro atoms. The minimum Gasteiger partial charge on any atom is -0.500 e. The summed E-state index contributed by atoms with van der Waals surface area (Å²) < 4.78 is 14.3. The van der Waals surface area contributed by atoms with Gasteiger partial charge in [0.15, 0.2) is 0 Å². The Morgan fingerprint density at radius 3 is 2.41 bits per heavy atom. The Bertz CT molecular complexity index is 818. The van der Waals surface area contributed by atoms with Gasteiger partial charge in [-0.3, -0.25) is 0 Å². The number of aliphatic hydroxyl groups is 1. The lowest BCUT2D eigenvalue weighted by Gasteiger charge is -2.03. The maximum absolute atomic E-state index is 11.7. The van der Waals surface area contributed by atoms with Gasteiger partial charge in [-0.1, -0.05) is 18.2 Å². The maximum atomic E-state index is 11.7. The van der Waals surface area contributed by atoms with E-state index in [9.17, 15) is 14.7 Å². The molecule has 1 N–H and O–H groups in total. The van der Waals surface area contributed by atoms with Crippen molar-refractivity contribution in [3.8, 4) is 0 Å². The van der Waals surface area contributed by atoms with Gasteiger partial charge in [-0.15, -0.1) is 0 Å². The molecule has 0 atom stereocenters. The molecule has 1 heterocycles. The van der Waals surface area contributed by atoms with Crippen molar-refractivity contribution in [3.05, 3.63) is 53.4 Å². The average Bonchev–Trinajstić information content (AvgIpc) is 2.57. The molecule has 0 radical (unpaired) electrons. The van der Waals surface area contributed by atoms with E-state index in [-0.39, 0.29) is 5.55 Å². The quantitative estimate of drug-likeness (QED) is 0.523. The van der Waals surface area contributed by atoms with E-state index in [1.54, 1.807) is 18.2 Å². The van der Waals surface area contributed by atoms with Crippen LogP contribution < -0.4 is 5.55 Å². The van der Waals surface area contributed by atoms with Gasteiger partial charge in [0.05, 0.1) is 14.2 Å². The minimum absolute atomic E-state index is 0.0227. The van der Waals surface area contributed by atoms with Gasteiger partial charge in [0.1, 0.15) is 5.58 Å². The van der Waals surface area contributed by atoms with Gasteiger partial charge in [-0.05, 0) is 12.1 Å². The fourth-order valence-corrected chi connectivity index (χ4v) is 1.67. The number of hydrogen-bond acceptors (Lipinski definition) is 7. The second-order valence-corrected chi connectivity index (χ2v) is 4.10. The maximum Gasteiger partial charge on any atom is 0.375 e. The first-order valence-corrected chi connectivity index (χ1v) is 6.20. The number of esters is 2. The highest BCUT2D eigenvalue weighted by Gasteiger charge is 2.22. The number of hydrogen-bond donors (Lipinski definition) is 1. The van der Waals surface area contributed by atoms with Crippen LogP contribution in [0.2, 0.25) is 0 Å². The van der Waals surface area contributed by atoms with Gasteiger partial charge in [0, 0.05) is 11.5 Å². The van der Waals surface area contributed by atoms with E-state index in [1.807, 2.05) is 12.1 Å². The Hall–Kier alpha value is -3.09. The molecule has 22 heavy (non-hydrogen) atoms. The third-order valence-electron chi connectivity index (χ3n) is 2.74. The first-order valence-electron chi connectivity index (χ1n) is 6.20. The molecule has 114 valence electrons. The second kappa shape index (κ2) is 6.57. The van der Waals surface area contributed by atoms with Crippen molar-refractivity contribution >= 4 is 22.9 Å². The number of rotatable bonds is 3. The summed E-state index contributed by atoms with van der Waals surface area (Å²) in [7, 11) is 2.16. The van der Waals surface area contributed by atoms with Crippen LogP contribution in [0.3, 0.4) is 0 Å². The minimum atomic E-state index is -1.11. The normalized spacial score (nSPS) is 12.7. The number of carbonyl (C=O) groups is 2. The summed E-state index contributed by atoms with van der Waals surface area (Å²) >= 11 is 0. The van der Waals surface area contributed by atoms with Gasteiger partial charge < -0.3 is 19.0 Å². The van der Waals surface area contributed by atoms with Crippen molar-refractivity contribution in [1.82, 2.24) is 0 Å². The third-order valence-corrected chi connectivity index (χ3v) is 2.74. The highest BCUT2D eigenvalue weighted by molar-refractivity contribution is 5.98. The molecule has 0 saturated heterocycles. The average molecular weight is 303 g/mol. The predicted octanol–water partition coefficient (Wildman–Crippen LogP) is 1.45. The van der Waals surface area contributed by atoms with E-state index >= 15 is 0 Å². The molecule has 0 aliphatic rings. The van der Waals surface area contributed by atoms with E-state index in [0.717, 1.165) is 19.6 Å². The largest absolute Gasteiger partial charge is 0.500 e. The predicted molar refractivity (Wildman–Crippen MR) is 75.5 cm³/mol. The van der Waals surface area contributed by atoms with Crippen molar-refractivity contribution in [2.24, 2.45) is 4.99 Å². The fraction of sp³-hybridized carbons (Fsp3) is 0.133. The van der Waals surface area contributed by atoms with Crippen molar-refractivity contribution in [2.45, 2.75) is 0 Å². The van der Waals surface area contributed by atoms with Crippen molar-refractivity contribution < 1.29 is 28.6 Å². The highest BCUT2D eigenvalue weighted by atomic mass is 16.5. The number of aliphatic hydroxyl groups excluding tert-OH is 1. The molecule has 7 heteroatoms. The van der Waals surface area contributed by atoms with E-state index in [4.69, 9.17) is 4.42 Å². The van der Waals surface area contributed by atoms with Crippen LogP contribution in [-0.4, -0.2) is 31.3 Å². The van der Waals surface area contributed by atoms with Gasteiger partial charge >= 0.3 is 11.9 Å². The summed E-state index contributed by atoms with van der Waals surface area (Å²) in [6.07, 6.45) is 0. The van der Waals surface area contributed by atoms with E-state index in [2.05, 4.69) is 14.5 Å². The Morgan fingerprint density at radius 1 is 1.05 bits per heavy atom. The number of ether oxygens (including phenoxy) is 2. The van der Waals surface area contributed by atoms with Crippen LogP contribution in [-0.2, 0) is 19.1 Å². The molecule has 1 aromatic heterocycles.